The maximum Gasteiger partial charge on any atom is 0.00978 e. The second kappa shape index (κ2) is 5.31. The van der Waals surface area contributed by atoms with Gasteiger partial charge in [0.05, 0.1) is 0 Å². The van der Waals surface area contributed by atoms with E-state index in [2.05, 4.69) is 12.2 Å². The summed E-state index contributed by atoms with van der Waals surface area (Å²) in [5.74, 6) is 0.926. The number of rotatable bonds is 3. The molecule has 2 aliphatic rings. The van der Waals surface area contributed by atoms with E-state index in [1.807, 2.05) is 0 Å². The molecule has 2 fully saturated rings. The summed E-state index contributed by atoms with van der Waals surface area (Å²) in [5, 5.41) is 3.87. The highest BCUT2D eigenvalue weighted by molar-refractivity contribution is 4.88. The molecule has 2 heteroatoms. The summed E-state index contributed by atoms with van der Waals surface area (Å²) in [7, 11) is 0. The Hall–Kier alpha value is -0.0800. The van der Waals surface area contributed by atoms with Crippen molar-refractivity contribution < 1.29 is 0 Å². The SMILES string of the molecule is CCC1CCCCC1NC1CCC(N)C1. The minimum atomic E-state index is 0.464. The third kappa shape index (κ3) is 2.94. The van der Waals surface area contributed by atoms with Crippen molar-refractivity contribution in [2.75, 3.05) is 0 Å². The van der Waals surface area contributed by atoms with Crippen LogP contribution in [0.4, 0.5) is 0 Å². The Bertz CT molecular complexity index is 193. The summed E-state index contributed by atoms with van der Waals surface area (Å²) < 4.78 is 0. The first-order chi connectivity index (χ1) is 7.29. The van der Waals surface area contributed by atoms with Gasteiger partial charge in [-0.3, -0.25) is 0 Å². The van der Waals surface area contributed by atoms with Gasteiger partial charge >= 0.3 is 0 Å². The lowest BCUT2D eigenvalue weighted by atomic mass is 9.82. The highest BCUT2D eigenvalue weighted by Gasteiger charge is 2.28. The van der Waals surface area contributed by atoms with Gasteiger partial charge in [-0.25, -0.2) is 0 Å². The van der Waals surface area contributed by atoms with Gasteiger partial charge in [0, 0.05) is 18.1 Å². The zero-order valence-electron chi connectivity index (χ0n) is 10.0. The van der Waals surface area contributed by atoms with Crippen molar-refractivity contribution in [3.8, 4) is 0 Å². The number of nitrogens with two attached hydrogens (primary N) is 1. The fraction of sp³-hybridized carbons (Fsp3) is 1.00. The summed E-state index contributed by atoms with van der Waals surface area (Å²) in [6.45, 7) is 2.34. The Labute approximate surface area is 94.0 Å². The number of hydrogen-bond acceptors (Lipinski definition) is 2. The molecule has 0 heterocycles. The van der Waals surface area contributed by atoms with Crippen LogP contribution < -0.4 is 11.1 Å². The third-order valence-electron chi connectivity index (χ3n) is 4.36. The van der Waals surface area contributed by atoms with Crippen molar-refractivity contribution in [1.82, 2.24) is 5.32 Å². The molecular formula is C13H26N2. The molecule has 0 amide bonds. The van der Waals surface area contributed by atoms with Gasteiger partial charge in [-0.15, -0.1) is 0 Å². The molecule has 2 aliphatic carbocycles. The Morgan fingerprint density at radius 1 is 1.13 bits per heavy atom. The van der Waals surface area contributed by atoms with E-state index in [9.17, 15) is 0 Å². The van der Waals surface area contributed by atoms with Crippen LogP contribution in [0.3, 0.4) is 0 Å². The summed E-state index contributed by atoms with van der Waals surface area (Å²) in [6, 6.07) is 1.97. The average Bonchev–Trinajstić information content (AvgIpc) is 2.65. The van der Waals surface area contributed by atoms with E-state index >= 15 is 0 Å². The Morgan fingerprint density at radius 3 is 2.60 bits per heavy atom. The van der Waals surface area contributed by atoms with Gasteiger partial charge in [0.1, 0.15) is 0 Å². The van der Waals surface area contributed by atoms with E-state index in [1.54, 1.807) is 0 Å². The lowest BCUT2D eigenvalue weighted by molar-refractivity contribution is 0.236. The number of nitrogens with one attached hydrogen (secondary N) is 1. The molecule has 0 bridgehead atoms. The van der Waals surface area contributed by atoms with Crippen LogP contribution in [0.2, 0.25) is 0 Å². The van der Waals surface area contributed by atoms with Gasteiger partial charge in [0.15, 0.2) is 0 Å². The van der Waals surface area contributed by atoms with Crippen molar-refractivity contribution in [1.29, 1.82) is 0 Å². The van der Waals surface area contributed by atoms with E-state index < -0.39 is 0 Å². The van der Waals surface area contributed by atoms with E-state index in [-0.39, 0.29) is 0 Å². The highest BCUT2D eigenvalue weighted by Crippen LogP contribution is 2.28. The zero-order valence-corrected chi connectivity index (χ0v) is 10.0. The molecule has 0 saturated heterocycles. The third-order valence-corrected chi connectivity index (χ3v) is 4.36. The minimum absolute atomic E-state index is 0.464. The summed E-state index contributed by atoms with van der Waals surface area (Å²) in [4.78, 5) is 0. The van der Waals surface area contributed by atoms with E-state index in [4.69, 9.17) is 5.73 Å². The van der Waals surface area contributed by atoms with Gasteiger partial charge in [-0.05, 0) is 38.0 Å². The monoisotopic (exact) mass is 210 g/mol. The number of hydrogen-bond donors (Lipinski definition) is 2. The second-order valence-electron chi connectivity index (χ2n) is 5.50. The molecule has 2 saturated carbocycles. The molecule has 15 heavy (non-hydrogen) atoms. The van der Waals surface area contributed by atoms with Crippen molar-refractivity contribution in [2.45, 2.75) is 76.4 Å². The standard InChI is InChI=1S/C13H26N2/c1-2-10-5-3-4-6-13(10)15-12-8-7-11(14)9-12/h10-13,15H,2-9,14H2,1H3. The van der Waals surface area contributed by atoms with Gasteiger partial charge in [0.25, 0.3) is 0 Å². The molecule has 0 aromatic carbocycles. The molecule has 0 spiro atoms. The van der Waals surface area contributed by atoms with E-state index in [1.165, 1.54) is 51.4 Å². The van der Waals surface area contributed by atoms with Gasteiger partial charge in [0.2, 0.25) is 0 Å². The maximum absolute atomic E-state index is 5.96. The molecule has 2 nitrogen and oxygen atoms in total. The van der Waals surface area contributed by atoms with Gasteiger partial charge in [-0.1, -0.05) is 26.2 Å². The van der Waals surface area contributed by atoms with Crippen LogP contribution in [0, 0.1) is 5.92 Å². The first-order valence-electron chi connectivity index (χ1n) is 6.81. The normalized spacial score (nSPS) is 42.0. The van der Waals surface area contributed by atoms with Crippen molar-refractivity contribution >= 4 is 0 Å². The van der Waals surface area contributed by atoms with Crippen molar-refractivity contribution in [3.63, 3.8) is 0 Å². The van der Waals surface area contributed by atoms with Crippen LogP contribution >= 0.6 is 0 Å². The zero-order chi connectivity index (χ0) is 10.7. The smallest absolute Gasteiger partial charge is 0.00978 e. The molecule has 0 radical (unpaired) electrons. The summed E-state index contributed by atoms with van der Waals surface area (Å²) in [6.07, 6.45) is 10.8. The van der Waals surface area contributed by atoms with E-state index in [0.717, 1.165) is 18.0 Å². The van der Waals surface area contributed by atoms with Crippen LogP contribution in [-0.2, 0) is 0 Å². The molecular weight excluding hydrogens is 184 g/mol. The molecule has 88 valence electrons. The maximum atomic E-state index is 5.96. The Balaban J connectivity index is 1.81. The summed E-state index contributed by atoms with van der Waals surface area (Å²) >= 11 is 0. The van der Waals surface area contributed by atoms with Crippen LogP contribution in [0.25, 0.3) is 0 Å². The predicted octanol–water partition coefficient (Wildman–Crippen LogP) is 2.42. The highest BCUT2D eigenvalue weighted by atomic mass is 15.0. The first-order valence-corrected chi connectivity index (χ1v) is 6.81. The second-order valence-corrected chi connectivity index (χ2v) is 5.50. The van der Waals surface area contributed by atoms with Crippen molar-refractivity contribution in [2.24, 2.45) is 11.7 Å². The quantitative estimate of drug-likeness (QED) is 0.751. The van der Waals surface area contributed by atoms with Gasteiger partial charge < -0.3 is 11.1 Å². The molecule has 4 atom stereocenters. The molecule has 4 unspecified atom stereocenters. The van der Waals surface area contributed by atoms with Crippen LogP contribution in [0.1, 0.15) is 58.3 Å². The Kier molecular flexibility index (Phi) is 4.04. The average molecular weight is 210 g/mol. The topological polar surface area (TPSA) is 38.0 Å². The first kappa shape index (κ1) is 11.4. The molecule has 0 aromatic rings. The predicted molar refractivity (Wildman–Crippen MR) is 64.8 cm³/mol. The Morgan fingerprint density at radius 2 is 1.93 bits per heavy atom. The van der Waals surface area contributed by atoms with Crippen molar-refractivity contribution in [3.05, 3.63) is 0 Å². The van der Waals surface area contributed by atoms with Crippen LogP contribution in [-0.4, -0.2) is 18.1 Å². The molecule has 2 rings (SSSR count). The van der Waals surface area contributed by atoms with Crippen LogP contribution in [0.15, 0.2) is 0 Å². The molecule has 0 aliphatic heterocycles. The largest absolute Gasteiger partial charge is 0.328 e. The lowest BCUT2D eigenvalue weighted by Gasteiger charge is -2.34. The van der Waals surface area contributed by atoms with Crippen LogP contribution in [0.5, 0.6) is 0 Å². The molecule has 3 N–H and O–H groups in total. The fourth-order valence-corrected chi connectivity index (χ4v) is 3.39. The van der Waals surface area contributed by atoms with Gasteiger partial charge in [-0.2, -0.15) is 0 Å². The lowest BCUT2D eigenvalue weighted by Crippen LogP contribution is -2.43. The fourth-order valence-electron chi connectivity index (χ4n) is 3.39. The minimum Gasteiger partial charge on any atom is -0.328 e. The van der Waals surface area contributed by atoms with E-state index in [0.29, 0.717) is 6.04 Å². The summed E-state index contributed by atoms with van der Waals surface area (Å²) in [5.41, 5.74) is 5.96. The molecule has 0 aromatic heterocycles.